The molecule has 2 rings (SSSR count). The molecule has 1 fully saturated rings. The topological polar surface area (TPSA) is 29.5 Å². The zero-order valence-corrected chi connectivity index (χ0v) is 9.45. The first-order chi connectivity index (χ1) is 7.74. The van der Waals surface area contributed by atoms with Gasteiger partial charge in [0.05, 0.1) is 13.2 Å². The minimum atomic E-state index is -0.421. The number of methoxy groups -OCH3 is 1. The van der Waals surface area contributed by atoms with Crippen molar-refractivity contribution in [3.8, 4) is 5.75 Å². The number of hydrogen-bond acceptors (Lipinski definition) is 2. The van der Waals surface area contributed by atoms with Gasteiger partial charge in [0.1, 0.15) is 0 Å². The van der Waals surface area contributed by atoms with Gasteiger partial charge >= 0.3 is 0 Å². The van der Waals surface area contributed by atoms with Gasteiger partial charge in [0.15, 0.2) is 11.6 Å². The Bertz CT molecular complexity index is 365. The van der Waals surface area contributed by atoms with E-state index in [1.165, 1.54) is 7.11 Å². The Hall–Kier alpha value is -1.09. The molecule has 0 heterocycles. The molecule has 1 aromatic carbocycles. The van der Waals surface area contributed by atoms with Crippen LogP contribution in [0.1, 0.15) is 37.2 Å². The number of aliphatic hydroxyl groups excluding tert-OH is 1. The maximum absolute atomic E-state index is 14.0. The van der Waals surface area contributed by atoms with E-state index in [-0.39, 0.29) is 17.5 Å². The van der Waals surface area contributed by atoms with Crippen molar-refractivity contribution in [2.45, 2.75) is 37.7 Å². The first-order valence-corrected chi connectivity index (χ1v) is 5.74. The van der Waals surface area contributed by atoms with Gasteiger partial charge in [0, 0.05) is 5.92 Å². The summed E-state index contributed by atoms with van der Waals surface area (Å²) in [5, 5.41) is 9.90. The van der Waals surface area contributed by atoms with Crippen molar-refractivity contribution >= 4 is 0 Å². The van der Waals surface area contributed by atoms with Gasteiger partial charge in [0.2, 0.25) is 0 Å². The molecule has 0 spiro atoms. The Morgan fingerprint density at radius 1 is 1.31 bits per heavy atom. The lowest BCUT2D eigenvalue weighted by molar-refractivity contribution is 0.104. The molecule has 3 heteroatoms. The Morgan fingerprint density at radius 2 is 2.06 bits per heavy atom. The molecule has 1 aromatic rings. The molecule has 0 saturated heterocycles. The van der Waals surface area contributed by atoms with E-state index >= 15 is 0 Å². The molecule has 0 amide bonds. The molecule has 2 nitrogen and oxygen atoms in total. The fourth-order valence-electron chi connectivity index (χ4n) is 2.45. The smallest absolute Gasteiger partial charge is 0.168 e. The molecule has 1 aliphatic rings. The molecule has 1 saturated carbocycles. The number of rotatable bonds is 2. The summed E-state index contributed by atoms with van der Waals surface area (Å²) in [4.78, 5) is 0. The third kappa shape index (κ3) is 2.05. The Kier molecular flexibility index (Phi) is 3.44. The van der Waals surface area contributed by atoms with Gasteiger partial charge in [-0.1, -0.05) is 25.0 Å². The molecule has 2 unspecified atom stereocenters. The fourth-order valence-corrected chi connectivity index (χ4v) is 2.45. The summed E-state index contributed by atoms with van der Waals surface area (Å²) in [7, 11) is 1.46. The third-order valence-electron chi connectivity index (χ3n) is 3.34. The summed E-state index contributed by atoms with van der Waals surface area (Å²) in [6.07, 6.45) is 3.28. The molecule has 2 atom stereocenters. The van der Waals surface area contributed by atoms with E-state index in [1.807, 2.05) is 0 Å². The van der Waals surface area contributed by atoms with Gasteiger partial charge < -0.3 is 9.84 Å². The second kappa shape index (κ2) is 4.83. The summed E-state index contributed by atoms with van der Waals surface area (Å²) in [5.41, 5.74) is 0.589. The molecule has 1 aliphatic carbocycles. The lowest BCUT2D eigenvalue weighted by Gasteiger charge is -2.28. The van der Waals surface area contributed by atoms with E-state index < -0.39 is 6.10 Å². The minimum absolute atomic E-state index is 0.0798. The van der Waals surface area contributed by atoms with Crippen LogP contribution in [0.3, 0.4) is 0 Å². The average Bonchev–Trinajstić information content (AvgIpc) is 2.31. The normalized spacial score (nSPS) is 25.4. The van der Waals surface area contributed by atoms with Crippen molar-refractivity contribution in [3.05, 3.63) is 29.6 Å². The lowest BCUT2D eigenvalue weighted by Crippen LogP contribution is -2.23. The van der Waals surface area contributed by atoms with Crippen molar-refractivity contribution in [2.24, 2.45) is 0 Å². The Morgan fingerprint density at radius 3 is 2.75 bits per heavy atom. The van der Waals surface area contributed by atoms with Crippen molar-refractivity contribution < 1.29 is 14.2 Å². The Labute approximate surface area is 95.1 Å². The van der Waals surface area contributed by atoms with Crippen LogP contribution in [-0.2, 0) is 0 Å². The second-order valence-corrected chi connectivity index (χ2v) is 4.32. The number of ether oxygens (including phenoxy) is 1. The molecule has 0 radical (unpaired) electrons. The molecule has 16 heavy (non-hydrogen) atoms. The molecule has 88 valence electrons. The number of aliphatic hydroxyl groups is 1. The number of hydrogen-bond donors (Lipinski definition) is 1. The summed E-state index contributed by atoms with van der Waals surface area (Å²) < 4.78 is 18.9. The van der Waals surface area contributed by atoms with Crippen LogP contribution < -0.4 is 4.74 Å². The minimum Gasteiger partial charge on any atom is -0.494 e. The van der Waals surface area contributed by atoms with Gasteiger partial charge in [-0.15, -0.1) is 0 Å². The van der Waals surface area contributed by atoms with Crippen LogP contribution in [-0.4, -0.2) is 18.3 Å². The zero-order chi connectivity index (χ0) is 11.5. The van der Waals surface area contributed by atoms with Crippen LogP contribution in [0, 0.1) is 5.82 Å². The van der Waals surface area contributed by atoms with E-state index in [9.17, 15) is 9.50 Å². The summed E-state index contributed by atoms with van der Waals surface area (Å²) >= 11 is 0. The van der Waals surface area contributed by atoms with Gasteiger partial charge in [-0.05, 0) is 24.5 Å². The van der Waals surface area contributed by atoms with Gasteiger partial charge in [-0.2, -0.15) is 0 Å². The molecular weight excluding hydrogens is 207 g/mol. The largest absolute Gasteiger partial charge is 0.494 e. The third-order valence-corrected chi connectivity index (χ3v) is 3.34. The second-order valence-electron chi connectivity index (χ2n) is 4.32. The molecule has 0 aliphatic heterocycles. The molecule has 0 aromatic heterocycles. The number of halogens is 1. The highest BCUT2D eigenvalue weighted by molar-refractivity contribution is 5.34. The van der Waals surface area contributed by atoms with Gasteiger partial charge in [-0.3, -0.25) is 0 Å². The molecule has 1 N–H and O–H groups in total. The van der Waals surface area contributed by atoms with Crippen molar-refractivity contribution in [3.63, 3.8) is 0 Å². The monoisotopic (exact) mass is 224 g/mol. The highest BCUT2D eigenvalue weighted by Gasteiger charge is 2.27. The van der Waals surface area contributed by atoms with Crippen molar-refractivity contribution in [1.82, 2.24) is 0 Å². The van der Waals surface area contributed by atoms with E-state index in [0.717, 1.165) is 25.7 Å². The summed E-state index contributed by atoms with van der Waals surface area (Å²) in [6, 6.07) is 5.13. The SMILES string of the molecule is COc1cccc(C2CCCCC2O)c1F. The van der Waals surface area contributed by atoms with Crippen molar-refractivity contribution in [2.75, 3.05) is 7.11 Å². The summed E-state index contributed by atoms with van der Waals surface area (Å²) in [6.45, 7) is 0. The highest BCUT2D eigenvalue weighted by atomic mass is 19.1. The van der Waals surface area contributed by atoms with Crippen LogP contribution in [0.2, 0.25) is 0 Å². The molecular formula is C13H17FO2. The number of benzene rings is 1. The van der Waals surface area contributed by atoms with E-state index in [0.29, 0.717) is 5.56 Å². The quantitative estimate of drug-likeness (QED) is 0.837. The van der Waals surface area contributed by atoms with Crippen LogP contribution in [0.5, 0.6) is 5.75 Å². The van der Waals surface area contributed by atoms with Gasteiger partial charge in [0.25, 0.3) is 0 Å². The van der Waals surface area contributed by atoms with Gasteiger partial charge in [-0.25, -0.2) is 4.39 Å². The van der Waals surface area contributed by atoms with E-state index in [1.54, 1.807) is 18.2 Å². The van der Waals surface area contributed by atoms with E-state index in [4.69, 9.17) is 4.74 Å². The zero-order valence-electron chi connectivity index (χ0n) is 9.45. The standard InChI is InChI=1S/C13H17FO2/c1-16-12-8-4-6-10(13(12)14)9-5-2-3-7-11(9)15/h4,6,8-9,11,15H,2-3,5,7H2,1H3. The van der Waals surface area contributed by atoms with Crippen molar-refractivity contribution in [1.29, 1.82) is 0 Å². The fraction of sp³-hybridized carbons (Fsp3) is 0.538. The predicted molar refractivity (Wildman–Crippen MR) is 60.2 cm³/mol. The maximum atomic E-state index is 14.0. The highest BCUT2D eigenvalue weighted by Crippen LogP contribution is 2.36. The first-order valence-electron chi connectivity index (χ1n) is 5.74. The van der Waals surface area contributed by atoms with E-state index in [2.05, 4.69) is 0 Å². The summed E-state index contributed by atoms with van der Waals surface area (Å²) in [5.74, 6) is -0.143. The first kappa shape index (κ1) is 11.4. The van der Waals surface area contributed by atoms with Crippen LogP contribution in [0.15, 0.2) is 18.2 Å². The lowest BCUT2D eigenvalue weighted by atomic mass is 9.81. The van der Waals surface area contributed by atoms with Crippen LogP contribution in [0.25, 0.3) is 0 Å². The van der Waals surface area contributed by atoms with Crippen LogP contribution >= 0.6 is 0 Å². The molecule has 0 bridgehead atoms. The maximum Gasteiger partial charge on any atom is 0.168 e. The van der Waals surface area contributed by atoms with Crippen LogP contribution in [0.4, 0.5) is 4.39 Å². The average molecular weight is 224 g/mol. The Balaban J connectivity index is 2.31. The predicted octanol–water partition coefficient (Wildman–Crippen LogP) is 2.85.